The second-order valence-electron chi connectivity index (χ2n) is 10.7. The van der Waals surface area contributed by atoms with E-state index in [0.29, 0.717) is 25.7 Å². The summed E-state index contributed by atoms with van der Waals surface area (Å²) in [6.07, 6.45) is -5.38. The van der Waals surface area contributed by atoms with Crippen LogP contribution < -0.4 is 16.0 Å². The van der Waals surface area contributed by atoms with Crippen molar-refractivity contribution in [3.8, 4) is 0 Å². The number of carbonyl (C=O) groups excluding carboxylic acids is 2. The molecule has 1 aliphatic carbocycles. The Morgan fingerprint density at radius 1 is 1.07 bits per heavy atom. The number of fused-ring (bicyclic) bond motifs is 1. The summed E-state index contributed by atoms with van der Waals surface area (Å²) in [5, 5.41) is 11.3. The van der Waals surface area contributed by atoms with E-state index >= 15 is 0 Å². The first kappa shape index (κ1) is 33.3. The first-order chi connectivity index (χ1) is 21.6. The highest BCUT2D eigenvalue weighted by molar-refractivity contribution is 9.10. The fourth-order valence-electron chi connectivity index (χ4n) is 5.33. The van der Waals surface area contributed by atoms with Crippen LogP contribution in [0.15, 0.2) is 28.9 Å². The van der Waals surface area contributed by atoms with Crippen LogP contribution in [-0.2, 0) is 29.6 Å². The maximum absolute atomic E-state index is 14.8. The molecule has 19 heteroatoms. The van der Waals surface area contributed by atoms with Crippen molar-refractivity contribution < 1.29 is 44.7 Å². The van der Waals surface area contributed by atoms with Crippen molar-refractivity contribution in [2.24, 2.45) is 0 Å². The molecule has 2 aliphatic rings. The smallest absolute Gasteiger partial charge is 0.317 e. The van der Waals surface area contributed by atoms with Gasteiger partial charge in [0.05, 0.1) is 21.8 Å². The van der Waals surface area contributed by atoms with Gasteiger partial charge in [0, 0.05) is 51.3 Å². The molecule has 248 valence electrons. The third kappa shape index (κ3) is 7.18. The highest BCUT2D eigenvalue weighted by Crippen LogP contribution is 2.52. The third-order valence-electron chi connectivity index (χ3n) is 7.35. The first-order valence-corrected chi connectivity index (χ1v) is 14.6. The molecule has 0 bridgehead atoms. The zero-order valence-electron chi connectivity index (χ0n) is 23.6. The van der Waals surface area contributed by atoms with Gasteiger partial charge in [0.1, 0.15) is 29.6 Å². The molecule has 1 aliphatic heterocycles. The van der Waals surface area contributed by atoms with E-state index in [1.54, 1.807) is 4.90 Å². The maximum atomic E-state index is 14.8. The topological polar surface area (TPSA) is 117 Å². The van der Waals surface area contributed by atoms with Crippen molar-refractivity contribution in [1.82, 2.24) is 35.3 Å². The predicted molar refractivity (Wildman–Crippen MR) is 148 cm³/mol. The zero-order valence-corrected chi connectivity index (χ0v) is 25.2. The molecule has 1 aromatic carbocycles. The van der Waals surface area contributed by atoms with Crippen molar-refractivity contribution >= 4 is 33.8 Å². The number of rotatable bonds is 11. The Labute approximate surface area is 264 Å². The zero-order chi connectivity index (χ0) is 33.4. The van der Waals surface area contributed by atoms with E-state index in [-0.39, 0.29) is 45.4 Å². The van der Waals surface area contributed by atoms with Gasteiger partial charge in [-0.1, -0.05) is 0 Å². The Morgan fingerprint density at radius 3 is 2.41 bits per heavy atom. The monoisotopic (exact) mass is 724 g/mol. The summed E-state index contributed by atoms with van der Waals surface area (Å²) in [5.41, 5.74) is -4.55. The molecule has 3 amide bonds. The Bertz CT molecular complexity index is 1620. The van der Waals surface area contributed by atoms with Gasteiger partial charge in [0.15, 0.2) is 0 Å². The lowest BCUT2D eigenvalue weighted by molar-refractivity contribution is -0.123. The number of alkyl halides is 6. The molecule has 0 radical (unpaired) electrons. The summed E-state index contributed by atoms with van der Waals surface area (Å²) in [7, 11) is 0. The minimum Gasteiger partial charge on any atom is -0.352 e. The number of urea groups is 1. The third-order valence-corrected chi connectivity index (χ3v) is 7.96. The molecular formula is C27H25BrF8N8O2. The summed E-state index contributed by atoms with van der Waals surface area (Å²) in [4.78, 5) is 35.1. The number of halogens is 9. The van der Waals surface area contributed by atoms with Gasteiger partial charge >= 0.3 is 6.03 Å². The largest absolute Gasteiger partial charge is 0.352 e. The second kappa shape index (κ2) is 13.0. The van der Waals surface area contributed by atoms with Crippen LogP contribution >= 0.6 is 15.9 Å². The van der Waals surface area contributed by atoms with Crippen molar-refractivity contribution in [2.45, 2.75) is 50.1 Å². The fraction of sp³-hybridized carbons (Fsp3) is 0.444. The normalized spacial score (nSPS) is 17.5. The first-order valence-electron chi connectivity index (χ1n) is 13.8. The second-order valence-corrected chi connectivity index (χ2v) is 11.5. The number of hydrogen-bond donors (Lipinski definition) is 3. The van der Waals surface area contributed by atoms with Crippen molar-refractivity contribution in [2.75, 3.05) is 31.5 Å². The van der Waals surface area contributed by atoms with Gasteiger partial charge in [-0.25, -0.2) is 41.1 Å². The van der Waals surface area contributed by atoms with Crippen LogP contribution in [-0.4, -0.2) is 62.8 Å². The Hall–Kier alpha value is -4.03. The van der Waals surface area contributed by atoms with Crippen LogP contribution in [0.5, 0.6) is 0 Å². The van der Waals surface area contributed by atoms with Gasteiger partial charge in [-0.15, -0.1) is 0 Å². The lowest BCUT2D eigenvalue weighted by atomic mass is 9.89. The highest BCUT2D eigenvalue weighted by atomic mass is 79.9. The minimum absolute atomic E-state index is 0.0343. The van der Waals surface area contributed by atoms with Gasteiger partial charge in [0.25, 0.3) is 18.3 Å². The van der Waals surface area contributed by atoms with E-state index in [4.69, 9.17) is 0 Å². The molecular weight excluding hydrogens is 700 g/mol. The van der Waals surface area contributed by atoms with Gasteiger partial charge in [-0.3, -0.25) is 9.48 Å². The van der Waals surface area contributed by atoms with Gasteiger partial charge in [-0.05, 0) is 40.0 Å². The molecule has 3 aromatic rings. The molecule has 1 atom stereocenters. The maximum Gasteiger partial charge on any atom is 0.317 e. The molecule has 3 heterocycles. The Morgan fingerprint density at radius 2 is 1.76 bits per heavy atom. The van der Waals surface area contributed by atoms with Crippen LogP contribution in [0.3, 0.4) is 0 Å². The van der Waals surface area contributed by atoms with Crippen LogP contribution in [0.2, 0.25) is 0 Å². The predicted octanol–water partition coefficient (Wildman–Crippen LogP) is 5.17. The van der Waals surface area contributed by atoms with Crippen LogP contribution in [0.25, 0.3) is 0 Å². The van der Waals surface area contributed by atoms with Crippen molar-refractivity contribution in [1.29, 1.82) is 0 Å². The average molecular weight is 725 g/mol. The number of benzene rings is 1. The van der Waals surface area contributed by atoms with Crippen LogP contribution in [0, 0.1) is 11.6 Å². The van der Waals surface area contributed by atoms with Gasteiger partial charge in [-0.2, -0.15) is 13.9 Å². The number of anilines is 1. The summed E-state index contributed by atoms with van der Waals surface area (Å²) in [6, 6.07) is 1.11. The van der Waals surface area contributed by atoms with E-state index < -0.39 is 78.2 Å². The van der Waals surface area contributed by atoms with E-state index in [2.05, 4.69) is 46.9 Å². The SMILES string of the molecule is O=C(Cn1nc(C(F)F)c2c1C(F)(F)CCC2(F)F)NC(Cc1cc(F)cc(F)c1)c1nc(NCCN2CCNC2=O)ncc1Br. The molecule has 0 spiro atoms. The standard InChI is InChI=1S/C27H25BrF8N8O2/c28-16-11-39-24(37-3-5-43-6-4-38-25(43)46)41-20(16)17(9-13-7-14(29)10-15(30)8-13)40-18(45)12-44-22-19(21(42-44)23(31)32)26(33,34)1-2-27(22,35)36/h7-8,10-11,17,23H,1-6,9,12H2,(H,38,46)(H,40,45)(H,37,39,41). The fourth-order valence-corrected chi connectivity index (χ4v) is 5.80. The average Bonchev–Trinajstić information content (AvgIpc) is 3.56. The van der Waals surface area contributed by atoms with Crippen LogP contribution in [0.4, 0.5) is 45.9 Å². The quantitative estimate of drug-likeness (QED) is 0.235. The molecule has 0 saturated carbocycles. The molecule has 2 aromatic heterocycles. The molecule has 3 N–H and O–H groups in total. The van der Waals surface area contributed by atoms with Crippen LogP contribution in [0.1, 0.15) is 53.5 Å². The van der Waals surface area contributed by atoms with E-state index in [0.717, 1.165) is 12.1 Å². The highest BCUT2D eigenvalue weighted by Gasteiger charge is 2.55. The Kier molecular flexibility index (Phi) is 9.42. The van der Waals surface area contributed by atoms with Crippen molar-refractivity contribution in [3.63, 3.8) is 0 Å². The molecule has 1 fully saturated rings. The molecule has 5 rings (SSSR count). The lowest BCUT2D eigenvalue weighted by Crippen LogP contribution is -2.37. The molecule has 46 heavy (non-hydrogen) atoms. The lowest BCUT2D eigenvalue weighted by Gasteiger charge is -2.29. The number of aromatic nitrogens is 4. The van der Waals surface area contributed by atoms with Gasteiger partial charge in [0.2, 0.25) is 11.9 Å². The number of nitrogens with zero attached hydrogens (tertiary/aromatic N) is 5. The van der Waals surface area contributed by atoms with Gasteiger partial charge < -0.3 is 20.9 Å². The number of nitrogens with one attached hydrogen (secondary N) is 3. The summed E-state index contributed by atoms with van der Waals surface area (Å²) < 4.78 is 115. The summed E-state index contributed by atoms with van der Waals surface area (Å²) in [5.74, 6) is -11.0. The van der Waals surface area contributed by atoms with Crippen molar-refractivity contribution in [3.05, 3.63) is 68.7 Å². The summed E-state index contributed by atoms with van der Waals surface area (Å²) in [6.45, 7) is 0.330. The van der Waals surface area contributed by atoms with E-state index in [1.165, 1.54) is 6.20 Å². The number of amides is 3. The number of carbonyl (C=O) groups is 2. The molecule has 1 unspecified atom stereocenters. The minimum atomic E-state index is -4.03. The summed E-state index contributed by atoms with van der Waals surface area (Å²) >= 11 is 3.26. The molecule has 1 saturated heterocycles. The van der Waals surface area contributed by atoms with E-state index in [9.17, 15) is 44.7 Å². The Balaban J connectivity index is 1.43. The molecule has 10 nitrogen and oxygen atoms in total. The number of hydrogen-bond acceptors (Lipinski definition) is 6. The van der Waals surface area contributed by atoms with E-state index in [1.807, 2.05) is 0 Å².